The first-order chi connectivity index (χ1) is 37.4. The highest BCUT2D eigenvalue weighted by molar-refractivity contribution is 6.27. The van der Waals surface area contributed by atoms with Crippen molar-refractivity contribution in [1.29, 1.82) is 0 Å². The van der Waals surface area contributed by atoms with Crippen LogP contribution in [0.3, 0.4) is 0 Å². The van der Waals surface area contributed by atoms with E-state index in [-0.39, 0.29) is 0 Å². The van der Waals surface area contributed by atoms with Crippen LogP contribution in [0, 0.1) is 0 Å². The Morgan fingerprint density at radius 3 is 1.67 bits per heavy atom. The minimum Gasteiger partial charge on any atom is -0.456 e. The van der Waals surface area contributed by atoms with Crippen molar-refractivity contribution in [3.05, 3.63) is 181 Å². The highest BCUT2D eigenvalue weighted by Gasteiger charge is 2.21. The van der Waals surface area contributed by atoms with Crippen molar-refractivity contribution in [1.82, 2.24) is 0 Å². The van der Waals surface area contributed by atoms with Crippen LogP contribution in [0.15, 0.2) is 186 Å². The molecule has 0 saturated carbocycles. The number of hydrogen-bond donors (Lipinski definition) is 0. The van der Waals surface area contributed by atoms with E-state index in [1.165, 1.54) is 0 Å². The van der Waals surface area contributed by atoms with Crippen molar-refractivity contribution in [2.45, 2.75) is 0 Å². The molecule has 1 heterocycles. The van der Waals surface area contributed by atoms with Crippen molar-refractivity contribution in [3.63, 3.8) is 0 Å². The second-order valence-electron chi connectivity index (χ2n) is 11.3. The number of benzene rings is 10. The molecule has 0 atom stereocenters. The molecule has 0 fully saturated rings. The quantitative estimate of drug-likeness (QED) is 0.170. The van der Waals surface area contributed by atoms with Gasteiger partial charge in [-0.2, -0.15) is 0 Å². The Bertz CT molecular complexity index is 4870. The summed E-state index contributed by atoms with van der Waals surface area (Å²) in [5.41, 5.74) is -5.45. The van der Waals surface area contributed by atoms with E-state index >= 15 is 0 Å². The average Bonchev–Trinajstić information content (AvgIpc) is 4.01. The van der Waals surface area contributed by atoms with Gasteiger partial charge in [0, 0.05) is 10.8 Å². The lowest BCUT2D eigenvalue weighted by Crippen LogP contribution is -1.93. The Hall–Kier alpha value is -6.70. The smallest absolute Gasteiger partial charge is 0.136 e. The second kappa shape index (κ2) is 10.9. The van der Waals surface area contributed by atoms with Crippen LogP contribution in [0.4, 0.5) is 0 Å². The van der Waals surface area contributed by atoms with Crippen LogP contribution < -0.4 is 0 Å². The molecule has 0 aliphatic carbocycles. The standard InChI is InChI=1S/C50H30O/c1-2-13-32-28-35(25-24-31(32)12-1)36-26-27-43(38-17-6-5-16-37(36)38)48-39-18-7-9-20-41(39)49(42-21-10-8-19-40(42)48)44-22-11-23-46-50(44)45-29-33-14-3-4-15-34(33)30-47(45)51-46/h1-30H/i1D,2D,3D,4D,5D,6D,7D,8D,9D,10D,11D,12D,13D,14D,15D,16D,17D,18D,20D,21D,22D,23D,24D,25D,26D,27D,28D,29D,30D. The molecule has 1 nitrogen and oxygen atoms in total. The summed E-state index contributed by atoms with van der Waals surface area (Å²) in [6, 6.07) is -25.1. The zero-order valence-corrected chi connectivity index (χ0v) is 25.5. The lowest BCUT2D eigenvalue weighted by Gasteiger charge is -2.20. The maximum Gasteiger partial charge on any atom is 0.136 e. The van der Waals surface area contributed by atoms with E-state index in [0.717, 1.165) is 6.07 Å². The first-order valence-electron chi connectivity index (χ1n) is 29.7. The third kappa shape index (κ3) is 4.22. The highest BCUT2D eigenvalue weighted by Crippen LogP contribution is 2.49. The Morgan fingerprint density at radius 1 is 0.333 bits per heavy atom. The molecular weight excluding hydrogens is 617 g/mol. The lowest BCUT2D eigenvalue weighted by atomic mass is 9.83. The molecule has 0 amide bonds. The Morgan fingerprint density at radius 2 is 0.902 bits per heavy atom. The fourth-order valence-corrected chi connectivity index (χ4v) is 6.52. The summed E-state index contributed by atoms with van der Waals surface area (Å²) in [6.07, 6.45) is 0. The minimum absolute atomic E-state index is 0.481. The largest absolute Gasteiger partial charge is 0.456 e. The predicted molar refractivity (Wildman–Crippen MR) is 218 cm³/mol. The van der Waals surface area contributed by atoms with Crippen LogP contribution in [0.5, 0.6) is 0 Å². The highest BCUT2D eigenvalue weighted by atomic mass is 16.3. The van der Waals surface area contributed by atoms with Crippen molar-refractivity contribution in [3.8, 4) is 33.4 Å². The normalized spacial score (nSPS) is 19.9. The molecule has 11 rings (SSSR count). The Kier molecular flexibility index (Phi) is 2.56. The van der Waals surface area contributed by atoms with E-state index in [9.17, 15) is 16.4 Å². The molecule has 0 N–H and O–H groups in total. The monoisotopic (exact) mass is 675 g/mol. The third-order valence-corrected chi connectivity index (χ3v) is 8.65. The van der Waals surface area contributed by atoms with Gasteiger partial charge in [0.1, 0.15) is 11.2 Å². The van der Waals surface area contributed by atoms with Gasteiger partial charge in [0.25, 0.3) is 0 Å². The van der Waals surface area contributed by atoms with Crippen molar-refractivity contribution < 1.29 is 44.2 Å². The van der Waals surface area contributed by atoms with Crippen molar-refractivity contribution in [2.75, 3.05) is 0 Å². The Balaban J connectivity index is 1.44. The zero-order chi connectivity index (χ0) is 58.7. The molecule has 0 unspecified atom stereocenters. The first kappa shape index (κ1) is 12.0. The summed E-state index contributed by atoms with van der Waals surface area (Å²) >= 11 is 0. The van der Waals surface area contributed by atoms with Crippen molar-refractivity contribution >= 4 is 75.8 Å². The summed E-state index contributed by atoms with van der Waals surface area (Å²) in [7, 11) is 0. The van der Waals surface area contributed by atoms with Crippen LogP contribution in [0.2, 0.25) is 0 Å². The molecule has 236 valence electrons. The SMILES string of the molecule is [2H]c1cc2c(-c3c([2H])c([2H])c(-c4c([2H])c([2H])c5c([2H])c([2H])c([2H])c([2H])c5c4[2H])c4c([2H])c([2H])c([2H])c([2H])c34)c3c([2H])c([2H])c([2H])c([2H])c3c(-c3c([2H])c([2H])c([2H])c4oc5c([2H])c6c([2H])c([2H])c([2H])c([2H])c6c([2H])c5c34)c2c([2H])c1[2H]. The number of fused-ring (bicyclic) bond motifs is 8. The van der Waals surface area contributed by atoms with Gasteiger partial charge in [-0.25, -0.2) is 0 Å². The fraction of sp³-hybridized carbons (Fsp3) is 0. The number of hydrogen-bond acceptors (Lipinski definition) is 1. The fourth-order valence-electron chi connectivity index (χ4n) is 6.52. The zero-order valence-electron chi connectivity index (χ0n) is 54.5. The van der Waals surface area contributed by atoms with Crippen LogP contribution >= 0.6 is 0 Å². The molecular formula is C50H30O. The Labute approximate surface area is 335 Å². The lowest BCUT2D eigenvalue weighted by molar-refractivity contribution is 0.669. The van der Waals surface area contributed by atoms with Gasteiger partial charge in [0.15, 0.2) is 0 Å². The topological polar surface area (TPSA) is 13.1 Å². The molecule has 0 radical (unpaired) electrons. The molecule has 1 heteroatoms. The van der Waals surface area contributed by atoms with Gasteiger partial charge < -0.3 is 4.42 Å². The van der Waals surface area contributed by atoms with Crippen molar-refractivity contribution in [2.24, 2.45) is 0 Å². The van der Waals surface area contributed by atoms with Gasteiger partial charge in [-0.15, -0.1) is 0 Å². The summed E-state index contributed by atoms with van der Waals surface area (Å²) in [5.74, 6) is 0. The molecule has 1 aromatic heterocycles. The molecule has 0 aliphatic heterocycles. The molecule has 0 bridgehead atoms. The summed E-state index contributed by atoms with van der Waals surface area (Å²) in [6.45, 7) is 0. The van der Waals surface area contributed by atoms with E-state index in [2.05, 4.69) is 0 Å². The molecule has 10 aromatic carbocycles. The predicted octanol–water partition coefficient (Wildman–Crippen LogP) is 14.4. The van der Waals surface area contributed by atoms with Gasteiger partial charge in [0.05, 0.1) is 39.8 Å². The van der Waals surface area contributed by atoms with Crippen LogP contribution in [-0.4, -0.2) is 0 Å². The van der Waals surface area contributed by atoms with Crippen LogP contribution in [-0.2, 0) is 0 Å². The van der Waals surface area contributed by atoms with E-state index in [4.69, 9.17) is 27.7 Å². The molecule has 0 spiro atoms. The minimum atomic E-state index is -1.07. The van der Waals surface area contributed by atoms with E-state index in [1.54, 1.807) is 0 Å². The van der Waals surface area contributed by atoms with Crippen LogP contribution in [0.25, 0.3) is 109 Å². The maximum atomic E-state index is 9.93. The van der Waals surface area contributed by atoms with Gasteiger partial charge in [0.2, 0.25) is 0 Å². The van der Waals surface area contributed by atoms with Gasteiger partial charge in [-0.1, -0.05) is 157 Å². The summed E-state index contributed by atoms with van der Waals surface area (Å²) in [4.78, 5) is 0. The van der Waals surface area contributed by atoms with Gasteiger partial charge >= 0.3 is 0 Å². The number of furan rings is 1. The van der Waals surface area contributed by atoms with Gasteiger partial charge in [-0.3, -0.25) is 0 Å². The first-order valence-corrected chi connectivity index (χ1v) is 15.2. The molecule has 0 aliphatic rings. The molecule has 11 aromatic rings. The molecule has 0 saturated heterocycles. The third-order valence-electron chi connectivity index (χ3n) is 8.65. The summed E-state index contributed by atoms with van der Waals surface area (Å²) < 4.78 is 270. The maximum absolute atomic E-state index is 9.93. The average molecular weight is 676 g/mol. The number of rotatable bonds is 3. The summed E-state index contributed by atoms with van der Waals surface area (Å²) in [5, 5.41) is -7.21. The van der Waals surface area contributed by atoms with Gasteiger partial charge in [-0.05, 0) is 111 Å². The second-order valence-corrected chi connectivity index (χ2v) is 11.3. The van der Waals surface area contributed by atoms with Crippen LogP contribution in [0.1, 0.15) is 39.8 Å². The molecule has 51 heavy (non-hydrogen) atoms. The van der Waals surface area contributed by atoms with E-state index in [1.807, 2.05) is 0 Å². The van der Waals surface area contributed by atoms with E-state index < -0.39 is 284 Å². The van der Waals surface area contributed by atoms with E-state index in [0.29, 0.717) is 0 Å².